The fourth-order valence-electron chi connectivity index (χ4n) is 5.07. The average Bonchev–Trinajstić information content (AvgIpc) is 3.34. The van der Waals surface area contributed by atoms with Crippen LogP contribution in [0.15, 0.2) is 48.4 Å². The van der Waals surface area contributed by atoms with Gasteiger partial charge in [-0.3, -0.25) is 4.90 Å². The van der Waals surface area contributed by atoms with Gasteiger partial charge in [-0.1, -0.05) is 46.8 Å². The van der Waals surface area contributed by atoms with E-state index in [9.17, 15) is 0 Å². The maximum atomic E-state index is 6.47. The number of nitrogens with one attached hydrogen (secondary N) is 1. The molecular formula is C33H47N7O2. The zero-order chi connectivity index (χ0) is 30.1. The monoisotopic (exact) mass is 573 g/mol. The van der Waals surface area contributed by atoms with Gasteiger partial charge >= 0.3 is 0 Å². The van der Waals surface area contributed by atoms with Gasteiger partial charge in [-0.05, 0) is 61.9 Å². The number of allylic oxidation sites excluding steroid dienone is 2. The van der Waals surface area contributed by atoms with Crippen molar-refractivity contribution in [1.29, 1.82) is 0 Å². The van der Waals surface area contributed by atoms with Gasteiger partial charge in [0.25, 0.3) is 0 Å². The number of nitrogens with zero attached hydrogens (tertiary/aromatic N) is 6. The number of hydrogen-bond donors (Lipinski definition) is 1. The zero-order valence-electron chi connectivity index (χ0n) is 26.4. The van der Waals surface area contributed by atoms with E-state index >= 15 is 0 Å². The molecule has 0 radical (unpaired) electrons. The summed E-state index contributed by atoms with van der Waals surface area (Å²) in [5, 5.41) is 7.71. The van der Waals surface area contributed by atoms with E-state index in [0.29, 0.717) is 54.8 Å². The lowest BCUT2D eigenvalue weighted by Gasteiger charge is -2.26. The second kappa shape index (κ2) is 15.0. The van der Waals surface area contributed by atoms with E-state index < -0.39 is 0 Å². The van der Waals surface area contributed by atoms with E-state index in [0.717, 1.165) is 54.9 Å². The first-order valence-corrected chi connectivity index (χ1v) is 15.3. The molecule has 4 heterocycles. The Balaban J connectivity index is 1.73. The average molecular weight is 574 g/mol. The minimum Gasteiger partial charge on any atom is -0.493 e. The highest BCUT2D eigenvalue weighted by Crippen LogP contribution is 2.35. The molecular weight excluding hydrogens is 526 g/mol. The van der Waals surface area contributed by atoms with Crippen LogP contribution in [0.5, 0.6) is 11.6 Å². The third kappa shape index (κ3) is 7.76. The SMILES string of the molecule is C/C=C(\C(=C/C(C)C(C)C)CN(CCC)CCC)c1cnc2cc1OCCCOc1c(cnn1C)-c1nccc(n1)N2. The predicted octanol–water partition coefficient (Wildman–Crippen LogP) is 6.92. The summed E-state index contributed by atoms with van der Waals surface area (Å²) in [6.07, 6.45) is 13.0. The molecule has 4 rings (SSSR count). The van der Waals surface area contributed by atoms with Crippen molar-refractivity contribution < 1.29 is 9.47 Å². The van der Waals surface area contributed by atoms with Crippen LogP contribution >= 0.6 is 0 Å². The van der Waals surface area contributed by atoms with Gasteiger partial charge in [-0.2, -0.15) is 5.10 Å². The molecule has 1 aliphatic rings. The number of aryl methyl sites for hydroxylation is 1. The molecule has 3 aromatic rings. The second-order valence-corrected chi connectivity index (χ2v) is 11.3. The number of fused-ring (bicyclic) bond motifs is 6. The van der Waals surface area contributed by atoms with Gasteiger partial charge in [-0.25, -0.2) is 19.6 Å². The predicted molar refractivity (Wildman–Crippen MR) is 170 cm³/mol. The summed E-state index contributed by atoms with van der Waals surface area (Å²) >= 11 is 0. The number of pyridine rings is 1. The Labute approximate surface area is 251 Å². The molecule has 0 saturated heterocycles. The van der Waals surface area contributed by atoms with Crippen molar-refractivity contribution in [2.45, 2.75) is 60.8 Å². The fourth-order valence-corrected chi connectivity index (χ4v) is 5.07. The summed E-state index contributed by atoms with van der Waals surface area (Å²) in [4.78, 5) is 16.6. The Kier molecular flexibility index (Phi) is 11.1. The van der Waals surface area contributed by atoms with Gasteiger partial charge in [0.1, 0.15) is 22.9 Å². The Bertz CT molecular complexity index is 1370. The van der Waals surface area contributed by atoms with Gasteiger partial charge < -0.3 is 14.8 Å². The highest BCUT2D eigenvalue weighted by molar-refractivity contribution is 5.83. The molecule has 1 unspecified atom stereocenters. The van der Waals surface area contributed by atoms with Crippen molar-refractivity contribution in [2.24, 2.45) is 18.9 Å². The molecule has 42 heavy (non-hydrogen) atoms. The lowest BCUT2D eigenvalue weighted by molar-refractivity contribution is 0.236. The highest BCUT2D eigenvalue weighted by atomic mass is 16.5. The molecule has 1 N–H and O–H groups in total. The molecule has 0 spiro atoms. The van der Waals surface area contributed by atoms with Crippen LogP contribution in [0.1, 0.15) is 66.4 Å². The smallest absolute Gasteiger partial charge is 0.222 e. The van der Waals surface area contributed by atoms with Gasteiger partial charge in [0.15, 0.2) is 5.82 Å². The largest absolute Gasteiger partial charge is 0.493 e. The van der Waals surface area contributed by atoms with Crippen molar-refractivity contribution in [1.82, 2.24) is 29.6 Å². The first-order valence-electron chi connectivity index (χ1n) is 15.3. The quantitative estimate of drug-likeness (QED) is 0.261. The molecule has 0 aromatic carbocycles. The maximum absolute atomic E-state index is 6.47. The molecule has 4 bridgehead atoms. The summed E-state index contributed by atoms with van der Waals surface area (Å²) in [7, 11) is 1.85. The minimum absolute atomic E-state index is 0.435. The topological polar surface area (TPSA) is 90.2 Å². The Hall–Kier alpha value is -3.72. The van der Waals surface area contributed by atoms with Crippen molar-refractivity contribution in [3.05, 3.63) is 54.0 Å². The van der Waals surface area contributed by atoms with Crippen molar-refractivity contribution >= 4 is 17.2 Å². The van der Waals surface area contributed by atoms with Gasteiger partial charge in [0.2, 0.25) is 5.88 Å². The number of rotatable bonds is 10. The van der Waals surface area contributed by atoms with E-state index in [1.165, 1.54) is 5.57 Å². The standard InChI is InChI=1S/C33H47N7O2/c1-8-14-40(15-9-2)22-25(18-24(6)23(4)5)26(10-3)27-20-35-31-19-29(27)41-16-11-17-42-33-28(21-36-39(33)7)32-34-13-12-30(37-31)38-32/h10,12-13,18-21,23-24H,8-9,11,14-17,22H2,1-7H3,(H,34,35,37,38)/b25-18-,26-10+. The number of ether oxygens (including phenoxy) is 2. The molecule has 0 saturated carbocycles. The first kappa shape index (κ1) is 31.2. The molecule has 226 valence electrons. The third-order valence-electron chi connectivity index (χ3n) is 7.60. The van der Waals surface area contributed by atoms with Crippen LogP contribution in [0, 0.1) is 11.8 Å². The molecule has 0 aliphatic carbocycles. The Morgan fingerprint density at radius 3 is 2.55 bits per heavy atom. The molecule has 3 aromatic heterocycles. The number of anilines is 2. The van der Waals surface area contributed by atoms with E-state index in [1.807, 2.05) is 25.4 Å². The summed E-state index contributed by atoms with van der Waals surface area (Å²) in [5.41, 5.74) is 4.21. The van der Waals surface area contributed by atoms with Crippen LogP contribution in [0.4, 0.5) is 11.6 Å². The van der Waals surface area contributed by atoms with Crippen molar-refractivity contribution in [3.63, 3.8) is 0 Å². The van der Waals surface area contributed by atoms with Crippen molar-refractivity contribution in [2.75, 3.05) is 38.2 Å². The summed E-state index contributed by atoms with van der Waals surface area (Å²) in [6, 6.07) is 3.80. The molecule has 1 aliphatic heterocycles. The van der Waals surface area contributed by atoms with E-state index in [-0.39, 0.29) is 0 Å². The molecule has 0 fully saturated rings. The Morgan fingerprint density at radius 1 is 1.07 bits per heavy atom. The van der Waals surface area contributed by atoms with Gasteiger partial charge in [0, 0.05) is 44.0 Å². The lowest BCUT2D eigenvalue weighted by atomic mass is 9.90. The van der Waals surface area contributed by atoms with E-state index in [2.05, 4.69) is 74.0 Å². The molecule has 0 amide bonds. The third-order valence-corrected chi connectivity index (χ3v) is 7.60. The van der Waals surface area contributed by atoms with E-state index in [1.54, 1.807) is 17.1 Å². The van der Waals surface area contributed by atoms with Gasteiger partial charge in [0.05, 0.1) is 19.4 Å². The van der Waals surface area contributed by atoms with Gasteiger partial charge in [-0.15, -0.1) is 0 Å². The van der Waals surface area contributed by atoms with Crippen LogP contribution in [0.25, 0.3) is 17.0 Å². The molecule has 9 heteroatoms. The zero-order valence-corrected chi connectivity index (χ0v) is 26.4. The van der Waals surface area contributed by atoms with Crippen molar-refractivity contribution in [3.8, 4) is 23.0 Å². The highest BCUT2D eigenvalue weighted by Gasteiger charge is 2.20. The number of hydrogen-bond acceptors (Lipinski definition) is 8. The van der Waals surface area contributed by atoms with Crippen LogP contribution in [0.2, 0.25) is 0 Å². The summed E-state index contributed by atoms with van der Waals surface area (Å²) in [5.74, 6) is 4.23. The van der Waals surface area contributed by atoms with Crippen LogP contribution < -0.4 is 14.8 Å². The Morgan fingerprint density at radius 2 is 1.83 bits per heavy atom. The summed E-state index contributed by atoms with van der Waals surface area (Å²) < 4.78 is 14.3. The van der Waals surface area contributed by atoms with E-state index in [4.69, 9.17) is 19.4 Å². The summed E-state index contributed by atoms with van der Waals surface area (Å²) in [6.45, 7) is 17.5. The normalized spacial score (nSPS) is 15.0. The molecule has 9 nitrogen and oxygen atoms in total. The number of aromatic nitrogens is 5. The molecule has 1 atom stereocenters. The van der Waals surface area contributed by atoms with Crippen LogP contribution in [-0.4, -0.2) is 62.5 Å². The van der Waals surface area contributed by atoms with Crippen LogP contribution in [-0.2, 0) is 7.05 Å². The lowest BCUT2D eigenvalue weighted by Crippen LogP contribution is -2.28. The first-order chi connectivity index (χ1) is 20.3. The fraction of sp³-hybridized carbons (Fsp3) is 0.515. The second-order valence-electron chi connectivity index (χ2n) is 11.3. The maximum Gasteiger partial charge on any atom is 0.222 e. The van der Waals surface area contributed by atoms with Crippen LogP contribution in [0.3, 0.4) is 0 Å². The minimum atomic E-state index is 0.435.